The van der Waals surface area contributed by atoms with Crippen LogP contribution in [0.25, 0.3) is 0 Å². The molecular formula is C14H21N. The largest absolute Gasteiger partial charge is 0.306 e. The van der Waals surface area contributed by atoms with Crippen molar-refractivity contribution in [2.45, 2.75) is 25.7 Å². The molecule has 2 aliphatic rings. The number of hydrogen-bond donors (Lipinski definition) is 0. The molecule has 0 radical (unpaired) electrons. The molecular weight excluding hydrogens is 182 g/mol. The van der Waals surface area contributed by atoms with Gasteiger partial charge in [0.15, 0.2) is 0 Å². The minimum Gasteiger partial charge on any atom is -0.306 e. The van der Waals surface area contributed by atoms with E-state index in [2.05, 4.69) is 31.2 Å². The molecule has 0 aromatic rings. The lowest BCUT2D eigenvalue weighted by atomic mass is 9.73. The summed E-state index contributed by atoms with van der Waals surface area (Å²) in [6, 6.07) is 0. The van der Waals surface area contributed by atoms with Crippen LogP contribution in [0, 0.1) is 5.41 Å². The van der Waals surface area contributed by atoms with Gasteiger partial charge in [0.2, 0.25) is 0 Å². The Morgan fingerprint density at radius 2 is 1.80 bits per heavy atom. The zero-order chi connectivity index (χ0) is 10.9. The molecule has 0 unspecified atom stereocenters. The van der Waals surface area contributed by atoms with E-state index in [0.717, 1.165) is 0 Å². The second kappa shape index (κ2) is 3.97. The van der Waals surface area contributed by atoms with Gasteiger partial charge in [0.05, 0.1) is 0 Å². The molecule has 82 valence electrons. The molecule has 0 saturated carbocycles. The van der Waals surface area contributed by atoms with Crippen LogP contribution in [0.5, 0.6) is 0 Å². The Morgan fingerprint density at radius 3 is 2.33 bits per heavy atom. The smallest absolute Gasteiger partial charge is 0.00133 e. The van der Waals surface area contributed by atoms with E-state index < -0.39 is 0 Å². The Hall–Kier alpha value is -0.820. The number of allylic oxidation sites excluding steroid dienone is 4. The average Bonchev–Trinajstić information content (AvgIpc) is 2.61. The van der Waals surface area contributed by atoms with Crippen LogP contribution in [0.4, 0.5) is 0 Å². The van der Waals surface area contributed by atoms with E-state index in [4.69, 9.17) is 0 Å². The molecule has 1 heteroatoms. The Kier molecular flexibility index (Phi) is 2.83. The summed E-state index contributed by atoms with van der Waals surface area (Å²) >= 11 is 0. The molecule has 0 bridgehead atoms. The van der Waals surface area contributed by atoms with Gasteiger partial charge >= 0.3 is 0 Å². The van der Waals surface area contributed by atoms with Crippen molar-refractivity contribution in [1.82, 2.24) is 4.90 Å². The van der Waals surface area contributed by atoms with E-state index in [1.807, 2.05) is 6.08 Å². The van der Waals surface area contributed by atoms with E-state index in [-0.39, 0.29) is 0 Å². The Balaban J connectivity index is 2.26. The van der Waals surface area contributed by atoms with Crippen molar-refractivity contribution in [3.8, 4) is 0 Å². The molecule has 15 heavy (non-hydrogen) atoms. The standard InChI is InChI=1S/C14H21N/c1-4-12-6-7-14(13(12)5-2)8-10-15(3)11-9-14/h4-5H,1-2,6-11H2,3H3. The van der Waals surface area contributed by atoms with Gasteiger partial charge in [-0.25, -0.2) is 0 Å². The number of rotatable bonds is 2. The lowest BCUT2D eigenvalue weighted by Crippen LogP contribution is -2.37. The van der Waals surface area contributed by atoms with Gasteiger partial charge in [0.25, 0.3) is 0 Å². The van der Waals surface area contributed by atoms with Crippen LogP contribution in [-0.4, -0.2) is 25.0 Å². The third-order valence-corrected chi connectivity index (χ3v) is 4.18. The fourth-order valence-electron chi connectivity index (χ4n) is 3.11. The molecule has 0 N–H and O–H groups in total. The van der Waals surface area contributed by atoms with Gasteiger partial charge in [0, 0.05) is 0 Å². The second-order valence-corrected chi connectivity index (χ2v) is 4.93. The zero-order valence-corrected chi connectivity index (χ0v) is 9.76. The first kappa shape index (κ1) is 10.7. The highest BCUT2D eigenvalue weighted by Crippen LogP contribution is 2.50. The fraction of sp³-hybridized carbons (Fsp3) is 0.571. The van der Waals surface area contributed by atoms with Gasteiger partial charge in [-0.1, -0.05) is 25.3 Å². The summed E-state index contributed by atoms with van der Waals surface area (Å²) in [5.41, 5.74) is 3.37. The van der Waals surface area contributed by atoms with E-state index in [1.54, 1.807) is 0 Å². The maximum atomic E-state index is 3.99. The topological polar surface area (TPSA) is 3.24 Å². The van der Waals surface area contributed by atoms with Gasteiger partial charge in [-0.3, -0.25) is 0 Å². The average molecular weight is 203 g/mol. The normalized spacial score (nSPS) is 25.9. The van der Waals surface area contributed by atoms with E-state index in [9.17, 15) is 0 Å². The molecule has 2 rings (SSSR count). The summed E-state index contributed by atoms with van der Waals surface area (Å²) < 4.78 is 0. The van der Waals surface area contributed by atoms with Crippen molar-refractivity contribution in [3.05, 3.63) is 36.5 Å². The minimum atomic E-state index is 0.442. The molecule has 0 aromatic heterocycles. The highest BCUT2D eigenvalue weighted by molar-refractivity contribution is 5.41. The summed E-state index contributed by atoms with van der Waals surface area (Å²) in [4.78, 5) is 2.43. The van der Waals surface area contributed by atoms with E-state index in [0.29, 0.717) is 5.41 Å². The molecule has 1 fully saturated rings. The predicted octanol–water partition coefficient (Wildman–Crippen LogP) is 3.16. The van der Waals surface area contributed by atoms with Crippen LogP contribution >= 0.6 is 0 Å². The quantitative estimate of drug-likeness (QED) is 0.666. The summed E-state index contributed by atoms with van der Waals surface area (Å²) in [5.74, 6) is 0. The summed E-state index contributed by atoms with van der Waals surface area (Å²) in [5, 5.41) is 0. The first-order valence-electron chi connectivity index (χ1n) is 5.89. The summed E-state index contributed by atoms with van der Waals surface area (Å²) in [6.45, 7) is 10.4. The van der Waals surface area contributed by atoms with Crippen molar-refractivity contribution in [2.75, 3.05) is 20.1 Å². The van der Waals surface area contributed by atoms with Gasteiger partial charge in [-0.15, -0.1) is 0 Å². The zero-order valence-electron chi connectivity index (χ0n) is 9.76. The summed E-state index contributed by atoms with van der Waals surface area (Å²) in [7, 11) is 2.22. The molecule has 1 aliphatic carbocycles. The number of likely N-dealkylation sites (tertiary alicyclic amines) is 1. The Bertz CT molecular complexity index is 303. The molecule has 1 saturated heterocycles. The number of nitrogens with zero attached hydrogens (tertiary/aromatic N) is 1. The van der Waals surface area contributed by atoms with Crippen molar-refractivity contribution in [3.63, 3.8) is 0 Å². The molecule has 1 spiro atoms. The van der Waals surface area contributed by atoms with Crippen LogP contribution < -0.4 is 0 Å². The van der Waals surface area contributed by atoms with Crippen molar-refractivity contribution < 1.29 is 0 Å². The molecule has 0 amide bonds. The van der Waals surface area contributed by atoms with Crippen LogP contribution in [0.2, 0.25) is 0 Å². The summed E-state index contributed by atoms with van der Waals surface area (Å²) in [6.07, 6.45) is 9.21. The van der Waals surface area contributed by atoms with Crippen molar-refractivity contribution in [1.29, 1.82) is 0 Å². The SMILES string of the molecule is C=CC1=C(C=C)C2(CC1)CCN(C)CC2. The van der Waals surface area contributed by atoms with Crippen LogP contribution in [-0.2, 0) is 0 Å². The third kappa shape index (κ3) is 1.69. The van der Waals surface area contributed by atoms with Gasteiger partial charge in [0.1, 0.15) is 0 Å². The first-order chi connectivity index (χ1) is 7.22. The molecule has 0 atom stereocenters. The van der Waals surface area contributed by atoms with Gasteiger partial charge in [-0.2, -0.15) is 0 Å². The molecule has 0 aromatic carbocycles. The van der Waals surface area contributed by atoms with Crippen molar-refractivity contribution >= 4 is 0 Å². The minimum absolute atomic E-state index is 0.442. The monoisotopic (exact) mass is 203 g/mol. The molecule has 1 nitrogen and oxygen atoms in total. The van der Waals surface area contributed by atoms with Crippen LogP contribution in [0.15, 0.2) is 36.5 Å². The van der Waals surface area contributed by atoms with Gasteiger partial charge < -0.3 is 4.90 Å². The maximum absolute atomic E-state index is 3.99. The molecule has 1 heterocycles. The highest BCUT2D eigenvalue weighted by Gasteiger charge is 2.40. The number of hydrogen-bond acceptors (Lipinski definition) is 1. The fourth-order valence-corrected chi connectivity index (χ4v) is 3.11. The molecule has 1 aliphatic heterocycles. The third-order valence-electron chi connectivity index (χ3n) is 4.18. The second-order valence-electron chi connectivity index (χ2n) is 4.93. The predicted molar refractivity (Wildman–Crippen MR) is 65.8 cm³/mol. The number of piperidine rings is 1. The Labute approximate surface area is 93.2 Å². The Morgan fingerprint density at radius 1 is 1.13 bits per heavy atom. The maximum Gasteiger partial charge on any atom is -0.00133 e. The lowest BCUT2D eigenvalue weighted by molar-refractivity contribution is 0.157. The van der Waals surface area contributed by atoms with Crippen LogP contribution in [0.3, 0.4) is 0 Å². The first-order valence-corrected chi connectivity index (χ1v) is 5.89. The van der Waals surface area contributed by atoms with Crippen molar-refractivity contribution in [2.24, 2.45) is 5.41 Å². The van der Waals surface area contributed by atoms with E-state index in [1.165, 1.54) is 49.9 Å². The van der Waals surface area contributed by atoms with Gasteiger partial charge in [-0.05, 0) is 62.4 Å². The lowest BCUT2D eigenvalue weighted by Gasteiger charge is -2.39. The van der Waals surface area contributed by atoms with E-state index >= 15 is 0 Å². The highest BCUT2D eigenvalue weighted by atomic mass is 15.1. The van der Waals surface area contributed by atoms with Crippen LogP contribution in [0.1, 0.15) is 25.7 Å².